The lowest BCUT2D eigenvalue weighted by molar-refractivity contribution is -0.116. The van der Waals surface area contributed by atoms with Crippen LogP contribution in [-0.2, 0) is 9.59 Å². The van der Waals surface area contributed by atoms with E-state index in [1.54, 1.807) is 29.5 Å². The van der Waals surface area contributed by atoms with E-state index in [9.17, 15) is 9.59 Å². The van der Waals surface area contributed by atoms with Crippen molar-refractivity contribution in [3.63, 3.8) is 0 Å². The van der Waals surface area contributed by atoms with Gasteiger partial charge < -0.3 is 10.6 Å². The Balaban J connectivity index is 1.79. The summed E-state index contributed by atoms with van der Waals surface area (Å²) in [6.07, 6.45) is 3.27. The number of carbonyl (C=O) groups excluding carboxylic acids is 2. The Bertz CT molecular complexity index is 751. The van der Waals surface area contributed by atoms with Crippen molar-refractivity contribution in [2.45, 2.75) is 6.92 Å². The molecular weight excluding hydrogens is 308 g/mol. The highest BCUT2D eigenvalue weighted by Crippen LogP contribution is 2.10. The van der Waals surface area contributed by atoms with Gasteiger partial charge in [-0.1, -0.05) is 17.9 Å². The van der Waals surface area contributed by atoms with E-state index >= 15 is 0 Å². The second-order valence-corrected chi connectivity index (χ2v) is 5.61. The standard InChI is InChI=1S/C18H16N2O2S/c1-14(21)20-16-8-6-15(7-9-16)4-2-12-19-18(22)11-10-17-5-3-13-23-17/h3,5-11,13H,12H2,1H3,(H,19,22)(H,20,21)/b11-10+. The van der Waals surface area contributed by atoms with Gasteiger partial charge >= 0.3 is 0 Å². The van der Waals surface area contributed by atoms with Gasteiger partial charge in [0.25, 0.3) is 0 Å². The van der Waals surface area contributed by atoms with Crippen LogP contribution in [0.15, 0.2) is 47.9 Å². The minimum Gasteiger partial charge on any atom is -0.342 e. The second-order valence-electron chi connectivity index (χ2n) is 4.63. The van der Waals surface area contributed by atoms with Crippen molar-refractivity contribution in [2.24, 2.45) is 0 Å². The van der Waals surface area contributed by atoms with Crippen LogP contribution in [-0.4, -0.2) is 18.4 Å². The van der Waals surface area contributed by atoms with E-state index in [2.05, 4.69) is 22.5 Å². The van der Waals surface area contributed by atoms with Crippen molar-refractivity contribution in [2.75, 3.05) is 11.9 Å². The quantitative estimate of drug-likeness (QED) is 0.671. The zero-order valence-electron chi connectivity index (χ0n) is 12.6. The normalized spacial score (nSPS) is 9.96. The highest BCUT2D eigenvalue weighted by Gasteiger charge is 1.95. The van der Waals surface area contributed by atoms with Crippen molar-refractivity contribution in [3.8, 4) is 11.8 Å². The summed E-state index contributed by atoms with van der Waals surface area (Å²) < 4.78 is 0. The molecule has 0 aliphatic rings. The number of thiophene rings is 1. The molecule has 23 heavy (non-hydrogen) atoms. The van der Waals surface area contributed by atoms with Crippen molar-refractivity contribution >= 4 is 34.9 Å². The fourth-order valence-electron chi connectivity index (χ4n) is 1.72. The Morgan fingerprint density at radius 1 is 1.22 bits per heavy atom. The molecule has 1 aromatic carbocycles. The average Bonchev–Trinajstić information content (AvgIpc) is 3.04. The molecule has 0 fully saturated rings. The van der Waals surface area contributed by atoms with E-state index in [1.807, 2.05) is 29.6 Å². The Kier molecular flexibility index (Phi) is 6.16. The number of hydrogen-bond acceptors (Lipinski definition) is 3. The molecule has 4 nitrogen and oxygen atoms in total. The lowest BCUT2D eigenvalue weighted by atomic mass is 10.2. The topological polar surface area (TPSA) is 58.2 Å². The van der Waals surface area contributed by atoms with E-state index in [4.69, 9.17) is 0 Å². The molecule has 2 amide bonds. The van der Waals surface area contributed by atoms with Gasteiger partial charge in [-0.2, -0.15) is 0 Å². The smallest absolute Gasteiger partial charge is 0.244 e. The number of carbonyl (C=O) groups is 2. The van der Waals surface area contributed by atoms with Crippen LogP contribution in [0, 0.1) is 11.8 Å². The molecule has 0 bridgehead atoms. The third-order valence-corrected chi connectivity index (χ3v) is 3.57. The van der Waals surface area contributed by atoms with Crippen LogP contribution >= 0.6 is 11.3 Å². The van der Waals surface area contributed by atoms with Crippen LogP contribution in [0.5, 0.6) is 0 Å². The van der Waals surface area contributed by atoms with Gasteiger partial charge in [-0.25, -0.2) is 0 Å². The average molecular weight is 324 g/mol. The lowest BCUT2D eigenvalue weighted by Gasteiger charge is -2.00. The maximum Gasteiger partial charge on any atom is 0.244 e. The molecule has 0 saturated heterocycles. The fraction of sp³-hybridized carbons (Fsp3) is 0.111. The van der Waals surface area contributed by atoms with Gasteiger partial charge in [0.1, 0.15) is 0 Å². The summed E-state index contributed by atoms with van der Waals surface area (Å²) in [6.45, 7) is 1.74. The molecule has 1 heterocycles. The number of rotatable bonds is 4. The molecule has 0 spiro atoms. The van der Waals surface area contributed by atoms with Gasteiger partial charge in [0, 0.05) is 29.1 Å². The number of anilines is 1. The summed E-state index contributed by atoms with van der Waals surface area (Å²) >= 11 is 1.57. The first-order valence-electron chi connectivity index (χ1n) is 6.99. The molecule has 0 atom stereocenters. The summed E-state index contributed by atoms with van der Waals surface area (Å²) in [5.41, 5.74) is 1.55. The minimum absolute atomic E-state index is 0.109. The molecule has 2 N–H and O–H groups in total. The molecule has 2 rings (SSSR count). The first-order chi connectivity index (χ1) is 11.1. The van der Waals surface area contributed by atoms with E-state index in [-0.39, 0.29) is 18.4 Å². The van der Waals surface area contributed by atoms with Gasteiger partial charge in [0.2, 0.25) is 11.8 Å². The van der Waals surface area contributed by atoms with Crippen molar-refractivity contribution in [1.82, 2.24) is 5.32 Å². The van der Waals surface area contributed by atoms with E-state index < -0.39 is 0 Å². The Hall–Kier alpha value is -2.84. The SMILES string of the molecule is CC(=O)Nc1ccc(C#CCNC(=O)/C=C/c2cccs2)cc1. The third-order valence-electron chi connectivity index (χ3n) is 2.73. The number of hydrogen-bond donors (Lipinski definition) is 2. The predicted octanol–water partition coefficient (Wildman–Crippen LogP) is 2.89. The molecule has 0 radical (unpaired) electrons. The summed E-state index contributed by atoms with van der Waals surface area (Å²) in [5, 5.41) is 7.35. The van der Waals surface area contributed by atoms with Crippen LogP contribution in [0.4, 0.5) is 5.69 Å². The molecule has 0 unspecified atom stereocenters. The molecule has 1 aromatic heterocycles. The van der Waals surface area contributed by atoms with Crippen molar-refractivity contribution in [3.05, 3.63) is 58.3 Å². The van der Waals surface area contributed by atoms with E-state index in [0.29, 0.717) is 0 Å². The monoisotopic (exact) mass is 324 g/mol. The molecule has 0 saturated carbocycles. The van der Waals surface area contributed by atoms with Crippen LogP contribution in [0.25, 0.3) is 6.08 Å². The van der Waals surface area contributed by atoms with E-state index in [1.165, 1.54) is 13.0 Å². The maximum atomic E-state index is 11.6. The molecule has 5 heteroatoms. The number of nitrogens with one attached hydrogen (secondary N) is 2. The Labute approximate surface area is 139 Å². The largest absolute Gasteiger partial charge is 0.342 e. The zero-order valence-corrected chi connectivity index (χ0v) is 13.4. The van der Waals surface area contributed by atoms with E-state index in [0.717, 1.165) is 16.1 Å². The van der Waals surface area contributed by atoms with Crippen LogP contribution in [0.3, 0.4) is 0 Å². The third kappa shape index (κ3) is 6.20. The summed E-state index contributed by atoms with van der Waals surface area (Å²) in [6, 6.07) is 11.1. The Morgan fingerprint density at radius 2 is 2.00 bits per heavy atom. The summed E-state index contributed by atoms with van der Waals surface area (Å²) in [5.74, 6) is 5.55. The minimum atomic E-state index is -0.172. The molecular formula is C18H16N2O2S. The number of amides is 2. The zero-order chi connectivity index (χ0) is 16.5. The van der Waals surface area contributed by atoms with Gasteiger partial charge in [-0.3, -0.25) is 9.59 Å². The lowest BCUT2D eigenvalue weighted by Crippen LogP contribution is -2.20. The molecule has 2 aromatic rings. The Morgan fingerprint density at radius 3 is 2.65 bits per heavy atom. The van der Waals surface area contributed by atoms with Crippen LogP contribution in [0.2, 0.25) is 0 Å². The van der Waals surface area contributed by atoms with Crippen molar-refractivity contribution in [1.29, 1.82) is 0 Å². The summed E-state index contributed by atoms with van der Waals surface area (Å²) in [7, 11) is 0. The molecule has 116 valence electrons. The maximum absolute atomic E-state index is 11.6. The van der Waals surface area contributed by atoms with Crippen molar-refractivity contribution < 1.29 is 9.59 Å². The molecule has 0 aliphatic carbocycles. The summed E-state index contributed by atoms with van der Waals surface area (Å²) in [4.78, 5) is 23.5. The van der Waals surface area contributed by atoms with Gasteiger partial charge in [-0.05, 0) is 41.8 Å². The van der Waals surface area contributed by atoms with Crippen LogP contribution in [0.1, 0.15) is 17.4 Å². The van der Waals surface area contributed by atoms with Gasteiger partial charge in [0.05, 0.1) is 6.54 Å². The van der Waals surface area contributed by atoms with Gasteiger partial charge in [-0.15, -0.1) is 11.3 Å². The molecule has 0 aliphatic heterocycles. The number of benzene rings is 1. The first-order valence-corrected chi connectivity index (χ1v) is 7.87. The highest BCUT2D eigenvalue weighted by atomic mass is 32.1. The predicted molar refractivity (Wildman–Crippen MR) is 94.0 cm³/mol. The van der Waals surface area contributed by atoms with Crippen LogP contribution < -0.4 is 10.6 Å². The highest BCUT2D eigenvalue weighted by molar-refractivity contribution is 7.10. The second kappa shape index (κ2) is 8.57. The first kappa shape index (κ1) is 16.5. The fourth-order valence-corrected chi connectivity index (χ4v) is 2.34. The van der Waals surface area contributed by atoms with Gasteiger partial charge in [0.15, 0.2) is 0 Å².